The number of carboxylic acid groups (broad SMARTS) is 1. The highest BCUT2D eigenvalue weighted by Crippen LogP contribution is 1.97. The zero-order valence-corrected chi connectivity index (χ0v) is 11.4. The third-order valence-corrected chi connectivity index (χ3v) is 2.59. The Kier molecular flexibility index (Phi) is 4.49. The molecule has 10 nitrogen and oxygen atoms in total. The Hall–Kier alpha value is -2.91. The van der Waals surface area contributed by atoms with Gasteiger partial charge in [0.1, 0.15) is 18.1 Å². The van der Waals surface area contributed by atoms with Crippen LogP contribution in [0.2, 0.25) is 0 Å². The first kappa shape index (κ1) is 14.5. The molecule has 0 saturated heterocycles. The molecule has 2 rings (SSSR count). The van der Waals surface area contributed by atoms with E-state index in [9.17, 15) is 9.59 Å². The Balaban J connectivity index is 1.80. The number of hydrogen-bond acceptors (Lipinski definition) is 5. The summed E-state index contributed by atoms with van der Waals surface area (Å²) in [7, 11) is 1.64. The summed E-state index contributed by atoms with van der Waals surface area (Å²) in [5, 5.41) is 18.7. The molecule has 0 aliphatic carbocycles. The van der Waals surface area contributed by atoms with E-state index in [0.29, 0.717) is 18.1 Å². The summed E-state index contributed by atoms with van der Waals surface area (Å²) in [6.45, 7) is 0.255. The average molecular weight is 293 g/mol. The molecule has 2 aromatic heterocycles. The molecule has 0 spiro atoms. The van der Waals surface area contributed by atoms with Crippen LogP contribution in [0.5, 0.6) is 0 Å². The van der Waals surface area contributed by atoms with Gasteiger partial charge in [0.2, 0.25) is 0 Å². The Bertz CT molecular complexity index is 607. The summed E-state index contributed by atoms with van der Waals surface area (Å²) in [5.41, 5.74) is 0.482. The fraction of sp³-hybridized carbons (Fsp3) is 0.364. The van der Waals surface area contributed by atoms with Crippen LogP contribution in [-0.2, 0) is 24.4 Å². The van der Waals surface area contributed by atoms with Crippen LogP contribution in [0.1, 0.15) is 11.5 Å². The molecule has 2 amide bonds. The van der Waals surface area contributed by atoms with Crippen molar-refractivity contribution in [3.63, 3.8) is 0 Å². The Morgan fingerprint density at radius 2 is 2.33 bits per heavy atom. The van der Waals surface area contributed by atoms with Gasteiger partial charge in [-0.25, -0.2) is 14.5 Å². The van der Waals surface area contributed by atoms with Crippen molar-refractivity contribution in [3.05, 3.63) is 30.1 Å². The molecule has 2 aromatic rings. The lowest BCUT2D eigenvalue weighted by molar-refractivity contribution is -0.137. The van der Waals surface area contributed by atoms with E-state index in [1.807, 2.05) is 0 Å². The van der Waals surface area contributed by atoms with Crippen molar-refractivity contribution in [2.24, 2.45) is 0 Å². The van der Waals surface area contributed by atoms with E-state index in [1.165, 1.54) is 15.8 Å². The molecule has 0 unspecified atom stereocenters. The van der Waals surface area contributed by atoms with Gasteiger partial charge in [0.25, 0.3) is 0 Å². The number of urea groups is 1. The normalized spacial score (nSPS) is 10.3. The highest BCUT2D eigenvalue weighted by Gasteiger charge is 2.11. The molecule has 0 aromatic carbocycles. The minimum atomic E-state index is -1.01. The molecule has 0 aliphatic heterocycles. The fourth-order valence-electron chi connectivity index (χ4n) is 1.62. The number of aromatic nitrogens is 5. The van der Waals surface area contributed by atoms with E-state index < -0.39 is 5.97 Å². The third kappa shape index (κ3) is 4.30. The van der Waals surface area contributed by atoms with Crippen LogP contribution in [0, 0.1) is 0 Å². The lowest BCUT2D eigenvalue weighted by atomic mass is 10.4. The maximum absolute atomic E-state index is 11.9. The quantitative estimate of drug-likeness (QED) is 0.654. The minimum Gasteiger partial charge on any atom is -0.480 e. The number of carboxylic acids is 1. The first-order chi connectivity index (χ1) is 10.0. The van der Waals surface area contributed by atoms with Crippen LogP contribution in [0.3, 0.4) is 0 Å². The van der Waals surface area contributed by atoms with Gasteiger partial charge in [0, 0.05) is 19.4 Å². The summed E-state index contributed by atoms with van der Waals surface area (Å²) in [5.74, 6) is -0.325. The number of carbonyl (C=O) groups is 2. The molecule has 112 valence electrons. The number of aliphatic carboxylic acids is 1. The number of amides is 2. The minimum absolute atomic E-state index is 0.168. The van der Waals surface area contributed by atoms with Crippen LogP contribution in [0.15, 0.2) is 18.6 Å². The van der Waals surface area contributed by atoms with E-state index in [0.717, 1.165) is 0 Å². The molecule has 21 heavy (non-hydrogen) atoms. The summed E-state index contributed by atoms with van der Waals surface area (Å²) < 4.78 is 1.19. The second kappa shape index (κ2) is 6.50. The lowest BCUT2D eigenvalue weighted by Gasteiger charge is -2.15. The van der Waals surface area contributed by atoms with Gasteiger partial charge in [-0.1, -0.05) is 5.21 Å². The zero-order valence-electron chi connectivity index (χ0n) is 11.4. The van der Waals surface area contributed by atoms with Crippen molar-refractivity contribution in [3.8, 4) is 0 Å². The van der Waals surface area contributed by atoms with E-state index in [2.05, 4.69) is 25.6 Å². The van der Waals surface area contributed by atoms with Crippen molar-refractivity contribution in [1.29, 1.82) is 0 Å². The van der Waals surface area contributed by atoms with Crippen LogP contribution in [0.4, 0.5) is 4.79 Å². The van der Waals surface area contributed by atoms with Crippen molar-refractivity contribution >= 4 is 12.0 Å². The van der Waals surface area contributed by atoms with E-state index in [1.54, 1.807) is 19.4 Å². The number of carbonyl (C=O) groups excluding carboxylic acids is 1. The Labute approximate surface area is 119 Å². The molecular weight excluding hydrogens is 278 g/mol. The Morgan fingerprint density at radius 3 is 3.00 bits per heavy atom. The largest absolute Gasteiger partial charge is 0.480 e. The molecule has 0 aliphatic rings. The monoisotopic (exact) mass is 293 g/mol. The van der Waals surface area contributed by atoms with E-state index >= 15 is 0 Å². The number of nitrogens with one attached hydrogen (secondary N) is 2. The SMILES string of the molecule is CN(Cc1ncc[nH]1)C(=O)NCc1cn(CC(=O)O)nn1. The molecule has 10 heteroatoms. The predicted molar refractivity (Wildman–Crippen MR) is 69.9 cm³/mol. The number of nitrogens with zero attached hydrogens (tertiary/aromatic N) is 5. The molecule has 0 fully saturated rings. The molecule has 3 N–H and O–H groups in total. The van der Waals surface area contributed by atoms with Gasteiger partial charge in [0.15, 0.2) is 0 Å². The summed E-state index contributed by atoms with van der Waals surface area (Å²) >= 11 is 0. The van der Waals surface area contributed by atoms with Crippen LogP contribution < -0.4 is 5.32 Å². The molecule has 2 heterocycles. The van der Waals surface area contributed by atoms with Crippen molar-refractivity contribution < 1.29 is 14.7 Å². The van der Waals surface area contributed by atoms with Gasteiger partial charge in [-0.15, -0.1) is 5.10 Å². The third-order valence-electron chi connectivity index (χ3n) is 2.59. The summed E-state index contributed by atoms with van der Waals surface area (Å²) in [4.78, 5) is 30.8. The van der Waals surface area contributed by atoms with Gasteiger partial charge in [-0.2, -0.15) is 0 Å². The smallest absolute Gasteiger partial charge is 0.325 e. The maximum atomic E-state index is 11.9. The maximum Gasteiger partial charge on any atom is 0.325 e. The number of imidazole rings is 1. The Morgan fingerprint density at radius 1 is 1.52 bits per heavy atom. The first-order valence-corrected chi connectivity index (χ1v) is 6.12. The van der Waals surface area contributed by atoms with E-state index in [4.69, 9.17) is 5.11 Å². The van der Waals surface area contributed by atoms with Gasteiger partial charge < -0.3 is 20.3 Å². The van der Waals surface area contributed by atoms with Crippen molar-refractivity contribution in [2.75, 3.05) is 7.05 Å². The second-order valence-corrected chi connectivity index (χ2v) is 4.35. The molecule has 0 atom stereocenters. The topological polar surface area (TPSA) is 129 Å². The fourth-order valence-corrected chi connectivity index (χ4v) is 1.62. The zero-order chi connectivity index (χ0) is 15.2. The van der Waals surface area contributed by atoms with Gasteiger partial charge >= 0.3 is 12.0 Å². The van der Waals surface area contributed by atoms with Gasteiger partial charge in [-0.3, -0.25) is 4.79 Å². The predicted octanol–water partition coefficient (Wildman–Crippen LogP) is -0.573. The standard InChI is InChI=1S/C11H15N7O3/c1-17(6-9-12-2-3-13-9)11(21)14-4-8-5-18(16-15-8)7-10(19)20/h2-3,5H,4,6-7H2,1H3,(H,12,13)(H,14,21)(H,19,20). The number of H-pyrrole nitrogens is 1. The van der Waals surface area contributed by atoms with Gasteiger partial charge in [-0.05, 0) is 0 Å². The number of rotatable bonds is 6. The van der Waals surface area contributed by atoms with Gasteiger partial charge in [0.05, 0.1) is 19.3 Å². The molecule has 0 radical (unpaired) electrons. The number of aromatic amines is 1. The second-order valence-electron chi connectivity index (χ2n) is 4.35. The molecular formula is C11H15N7O3. The van der Waals surface area contributed by atoms with Crippen LogP contribution >= 0.6 is 0 Å². The van der Waals surface area contributed by atoms with Crippen LogP contribution in [-0.4, -0.2) is 54.0 Å². The summed E-state index contributed by atoms with van der Waals surface area (Å²) in [6, 6.07) is -0.292. The van der Waals surface area contributed by atoms with Crippen molar-refractivity contribution in [2.45, 2.75) is 19.6 Å². The number of hydrogen-bond donors (Lipinski definition) is 3. The first-order valence-electron chi connectivity index (χ1n) is 6.12. The average Bonchev–Trinajstić information content (AvgIpc) is 3.07. The van der Waals surface area contributed by atoms with Crippen molar-refractivity contribution in [1.82, 2.24) is 35.2 Å². The highest BCUT2D eigenvalue weighted by atomic mass is 16.4. The van der Waals surface area contributed by atoms with E-state index in [-0.39, 0.29) is 19.1 Å². The molecule has 0 saturated carbocycles. The summed E-state index contributed by atoms with van der Waals surface area (Å²) in [6.07, 6.45) is 4.77. The highest BCUT2D eigenvalue weighted by molar-refractivity contribution is 5.73. The lowest BCUT2D eigenvalue weighted by Crippen LogP contribution is -2.36. The molecule has 0 bridgehead atoms. The van der Waals surface area contributed by atoms with Crippen LogP contribution in [0.25, 0.3) is 0 Å².